The van der Waals surface area contributed by atoms with Crippen molar-refractivity contribution < 1.29 is 23.4 Å². The number of aliphatic hydroxyl groups excluding tert-OH is 1. The number of phenolic OH excluding ortho intramolecular Hbond substituents is 1. The number of ether oxygens (including phenoxy) is 1. The van der Waals surface area contributed by atoms with E-state index in [2.05, 4.69) is 0 Å². The molecule has 0 aromatic heterocycles. The third kappa shape index (κ3) is 3.56. The second-order valence-electron chi connectivity index (χ2n) is 6.35. The summed E-state index contributed by atoms with van der Waals surface area (Å²) in [6, 6.07) is 10.4. The smallest absolute Gasteiger partial charge is 0.207 e. The molecule has 0 amide bonds. The SMILES string of the molecule is COc1cc(S(=O)(=O)c2ccccc2C(O)N2CCCCC2)ccc1O. The summed E-state index contributed by atoms with van der Waals surface area (Å²) in [7, 11) is -2.52. The molecular weight excluding hydrogens is 354 g/mol. The lowest BCUT2D eigenvalue weighted by Crippen LogP contribution is -2.34. The van der Waals surface area contributed by atoms with Crippen LogP contribution in [0.25, 0.3) is 0 Å². The van der Waals surface area contributed by atoms with Gasteiger partial charge in [0.1, 0.15) is 6.23 Å². The standard InChI is InChI=1S/C19H23NO5S/c1-25-17-13-14(9-10-16(17)21)26(23,24)18-8-4-3-7-15(18)19(22)20-11-5-2-6-12-20/h3-4,7-10,13,19,21-22H,2,5-6,11-12H2,1H3. The zero-order valence-electron chi connectivity index (χ0n) is 14.6. The summed E-state index contributed by atoms with van der Waals surface area (Å²) in [4.78, 5) is 1.96. The summed E-state index contributed by atoms with van der Waals surface area (Å²) in [6.07, 6.45) is 2.12. The molecule has 1 aliphatic heterocycles. The number of sulfone groups is 1. The molecule has 0 bridgehead atoms. The van der Waals surface area contributed by atoms with Gasteiger partial charge in [-0.15, -0.1) is 0 Å². The van der Waals surface area contributed by atoms with Gasteiger partial charge in [-0.1, -0.05) is 24.6 Å². The molecular formula is C19H23NO5S. The molecule has 0 spiro atoms. The van der Waals surface area contributed by atoms with Crippen molar-refractivity contribution in [3.05, 3.63) is 48.0 Å². The highest BCUT2D eigenvalue weighted by Gasteiger charge is 2.28. The number of likely N-dealkylation sites (tertiary alicyclic amines) is 1. The van der Waals surface area contributed by atoms with Gasteiger partial charge < -0.3 is 14.9 Å². The van der Waals surface area contributed by atoms with Gasteiger partial charge >= 0.3 is 0 Å². The molecule has 7 heteroatoms. The molecule has 6 nitrogen and oxygen atoms in total. The van der Waals surface area contributed by atoms with Crippen molar-refractivity contribution in [2.24, 2.45) is 0 Å². The van der Waals surface area contributed by atoms with Gasteiger partial charge in [-0.2, -0.15) is 0 Å². The molecule has 1 unspecified atom stereocenters. The van der Waals surface area contributed by atoms with Crippen LogP contribution >= 0.6 is 0 Å². The molecule has 2 aromatic carbocycles. The number of rotatable bonds is 5. The number of hydrogen-bond donors (Lipinski definition) is 2. The van der Waals surface area contributed by atoms with Crippen LogP contribution in [-0.4, -0.2) is 43.7 Å². The quantitative estimate of drug-likeness (QED) is 0.833. The van der Waals surface area contributed by atoms with Crippen LogP contribution in [0.4, 0.5) is 0 Å². The van der Waals surface area contributed by atoms with Crippen molar-refractivity contribution in [2.45, 2.75) is 35.3 Å². The van der Waals surface area contributed by atoms with E-state index in [1.807, 2.05) is 4.90 Å². The third-order valence-electron chi connectivity index (χ3n) is 4.68. The van der Waals surface area contributed by atoms with Crippen molar-refractivity contribution in [1.29, 1.82) is 0 Å². The molecule has 140 valence electrons. The first-order valence-electron chi connectivity index (χ1n) is 8.58. The van der Waals surface area contributed by atoms with Crippen molar-refractivity contribution in [3.63, 3.8) is 0 Å². The zero-order chi connectivity index (χ0) is 18.7. The van der Waals surface area contributed by atoms with Crippen LogP contribution in [0.15, 0.2) is 52.3 Å². The maximum Gasteiger partial charge on any atom is 0.207 e. The van der Waals surface area contributed by atoms with Crippen molar-refractivity contribution in [1.82, 2.24) is 4.90 Å². The van der Waals surface area contributed by atoms with Crippen LogP contribution in [0, 0.1) is 0 Å². The number of benzene rings is 2. The van der Waals surface area contributed by atoms with Gasteiger partial charge in [0.05, 0.1) is 16.9 Å². The number of aromatic hydroxyl groups is 1. The molecule has 3 rings (SSSR count). The first-order chi connectivity index (χ1) is 12.4. The van der Waals surface area contributed by atoms with E-state index in [0.29, 0.717) is 5.56 Å². The van der Waals surface area contributed by atoms with E-state index in [-0.39, 0.29) is 21.3 Å². The van der Waals surface area contributed by atoms with E-state index in [9.17, 15) is 18.6 Å². The predicted octanol–water partition coefficient (Wildman–Crippen LogP) is 2.71. The van der Waals surface area contributed by atoms with Crippen LogP contribution in [0.5, 0.6) is 11.5 Å². The first-order valence-corrected chi connectivity index (χ1v) is 10.1. The van der Waals surface area contributed by atoms with Gasteiger partial charge in [-0.3, -0.25) is 4.90 Å². The lowest BCUT2D eigenvalue weighted by Gasteiger charge is -2.32. The molecule has 0 saturated carbocycles. The fraction of sp³-hybridized carbons (Fsp3) is 0.368. The van der Waals surface area contributed by atoms with Crippen molar-refractivity contribution >= 4 is 9.84 Å². The van der Waals surface area contributed by atoms with Gasteiger partial charge in [0.15, 0.2) is 11.5 Å². The Labute approximate surface area is 153 Å². The number of nitrogens with zero attached hydrogens (tertiary/aromatic N) is 1. The Hall–Kier alpha value is -2.09. The molecule has 2 aromatic rings. The highest BCUT2D eigenvalue weighted by Crippen LogP contribution is 2.34. The van der Waals surface area contributed by atoms with Gasteiger partial charge in [-0.05, 0) is 31.0 Å². The number of methoxy groups -OCH3 is 1. The number of phenols is 1. The van der Waals surface area contributed by atoms with Crippen LogP contribution < -0.4 is 4.74 Å². The molecule has 1 aliphatic rings. The molecule has 0 aliphatic carbocycles. The second kappa shape index (κ2) is 7.65. The van der Waals surface area contributed by atoms with Crippen LogP contribution in [-0.2, 0) is 9.84 Å². The molecule has 2 N–H and O–H groups in total. The average Bonchev–Trinajstić information content (AvgIpc) is 2.68. The minimum atomic E-state index is -3.88. The summed E-state index contributed by atoms with van der Waals surface area (Å²) in [6.45, 7) is 1.48. The summed E-state index contributed by atoms with van der Waals surface area (Å²) in [5.74, 6) is -0.0479. The van der Waals surface area contributed by atoms with E-state index in [4.69, 9.17) is 4.74 Å². The fourth-order valence-electron chi connectivity index (χ4n) is 3.25. The topological polar surface area (TPSA) is 87.1 Å². The molecule has 1 saturated heterocycles. The lowest BCUT2D eigenvalue weighted by molar-refractivity contribution is -0.0118. The Morgan fingerprint density at radius 2 is 1.77 bits per heavy atom. The molecule has 26 heavy (non-hydrogen) atoms. The molecule has 1 atom stereocenters. The van der Waals surface area contributed by atoms with Crippen LogP contribution in [0.2, 0.25) is 0 Å². The van der Waals surface area contributed by atoms with E-state index in [0.717, 1.165) is 32.4 Å². The second-order valence-corrected chi connectivity index (χ2v) is 8.26. The van der Waals surface area contributed by atoms with Gasteiger partial charge in [0, 0.05) is 24.7 Å². The molecule has 0 radical (unpaired) electrons. The summed E-state index contributed by atoms with van der Waals surface area (Å²) in [5.41, 5.74) is 0.362. The summed E-state index contributed by atoms with van der Waals surface area (Å²) >= 11 is 0. The van der Waals surface area contributed by atoms with Gasteiger partial charge in [0.25, 0.3) is 0 Å². The van der Waals surface area contributed by atoms with E-state index in [1.165, 1.54) is 31.4 Å². The first kappa shape index (κ1) is 18.7. The Bertz CT molecular complexity index is 875. The van der Waals surface area contributed by atoms with E-state index >= 15 is 0 Å². The maximum atomic E-state index is 13.2. The largest absolute Gasteiger partial charge is 0.504 e. The lowest BCUT2D eigenvalue weighted by atomic mass is 10.1. The zero-order valence-corrected chi connectivity index (χ0v) is 15.4. The van der Waals surface area contributed by atoms with Crippen LogP contribution in [0.1, 0.15) is 31.1 Å². The van der Waals surface area contributed by atoms with Gasteiger partial charge in [-0.25, -0.2) is 8.42 Å². The Morgan fingerprint density at radius 3 is 2.46 bits per heavy atom. The number of piperidine rings is 1. The Morgan fingerprint density at radius 1 is 1.08 bits per heavy atom. The summed E-state index contributed by atoms with van der Waals surface area (Å²) < 4.78 is 31.3. The Balaban J connectivity index is 2.03. The van der Waals surface area contributed by atoms with E-state index in [1.54, 1.807) is 18.2 Å². The predicted molar refractivity (Wildman–Crippen MR) is 96.9 cm³/mol. The number of hydrogen-bond acceptors (Lipinski definition) is 6. The minimum Gasteiger partial charge on any atom is -0.504 e. The highest BCUT2D eigenvalue weighted by molar-refractivity contribution is 7.91. The fourth-order valence-corrected chi connectivity index (χ4v) is 4.76. The van der Waals surface area contributed by atoms with Crippen molar-refractivity contribution in [3.8, 4) is 11.5 Å². The highest BCUT2D eigenvalue weighted by atomic mass is 32.2. The van der Waals surface area contributed by atoms with E-state index < -0.39 is 16.1 Å². The van der Waals surface area contributed by atoms with Gasteiger partial charge in [0.2, 0.25) is 9.84 Å². The monoisotopic (exact) mass is 377 g/mol. The van der Waals surface area contributed by atoms with Crippen LogP contribution in [0.3, 0.4) is 0 Å². The maximum absolute atomic E-state index is 13.2. The average molecular weight is 377 g/mol. The summed E-state index contributed by atoms with van der Waals surface area (Å²) in [5, 5.41) is 20.5. The number of aliphatic hydroxyl groups is 1. The third-order valence-corrected chi connectivity index (χ3v) is 6.51. The van der Waals surface area contributed by atoms with Crippen molar-refractivity contribution in [2.75, 3.05) is 20.2 Å². The normalized spacial score (nSPS) is 17.0. The molecule has 1 fully saturated rings. The Kier molecular flexibility index (Phi) is 5.50. The minimum absolute atomic E-state index is 0.00504. The molecule has 1 heterocycles.